The van der Waals surface area contributed by atoms with Crippen LogP contribution in [0.5, 0.6) is 5.75 Å². The van der Waals surface area contributed by atoms with Crippen molar-refractivity contribution in [3.8, 4) is 5.75 Å². The van der Waals surface area contributed by atoms with Gasteiger partial charge in [0, 0.05) is 5.39 Å². The minimum Gasteiger partial charge on any atom is -1.00 e. The standard InChI is InChI=1S/C15H19N3O3.HI/c1-18(2,3)9-8-16-14(20)12-13(19)10-6-4-5-7-11(10)17-15(12)21;/h4-7H,8-9H2,1-3H3,(H2-,16,17,19,20,21);1H. The van der Waals surface area contributed by atoms with Crippen LogP contribution in [0.15, 0.2) is 29.1 Å². The van der Waals surface area contributed by atoms with E-state index in [2.05, 4.69) is 10.3 Å². The molecule has 120 valence electrons. The van der Waals surface area contributed by atoms with E-state index < -0.39 is 11.5 Å². The number of hydrogen-bond donors (Lipinski definition) is 3. The zero-order valence-corrected chi connectivity index (χ0v) is 15.0. The molecule has 0 radical (unpaired) electrons. The number of likely N-dealkylation sites (N-methyl/N-ethyl adjacent to an activating group) is 1. The summed E-state index contributed by atoms with van der Waals surface area (Å²) in [6, 6.07) is 6.82. The van der Waals surface area contributed by atoms with Gasteiger partial charge in [0.25, 0.3) is 11.5 Å². The molecule has 0 saturated heterocycles. The van der Waals surface area contributed by atoms with Crippen LogP contribution in [0.3, 0.4) is 0 Å². The fourth-order valence-electron chi connectivity index (χ4n) is 2.03. The van der Waals surface area contributed by atoms with Crippen molar-refractivity contribution in [3.05, 3.63) is 40.2 Å². The monoisotopic (exact) mass is 417 g/mol. The Hall–Kier alpha value is -1.61. The second-order valence-electron chi connectivity index (χ2n) is 5.99. The minimum absolute atomic E-state index is 0. The summed E-state index contributed by atoms with van der Waals surface area (Å²) in [6.07, 6.45) is 0. The lowest BCUT2D eigenvalue weighted by Gasteiger charge is -2.23. The maximum Gasteiger partial charge on any atom is 0.265 e. The fraction of sp³-hybridized carbons (Fsp3) is 0.333. The molecule has 0 aliphatic heterocycles. The van der Waals surface area contributed by atoms with Crippen LogP contribution in [-0.4, -0.2) is 54.7 Å². The van der Waals surface area contributed by atoms with E-state index in [1.54, 1.807) is 24.3 Å². The Bertz CT molecular complexity index is 735. The van der Waals surface area contributed by atoms with Crippen molar-refractivity contribution < 1.29 is 38.4 Å². The number of halogens is 1. The number of H-pyrrole nitrogens is 1. The number of rotatable bonds is 4. The number of nitrogens with zero attached hydrogens (tertiary/aromatic N) is 1. The molecule has 0 saturated carbocycles. The van der Waals surface area contributed by atoms with Gasteiger partial charge in [0.1, 0.15) is 11.3 Å². The Morgan fingerprint density at radius 3 is 2.55 bits per heavy atom. The molecular formula is C15H20IN3O3. The number of quaternary nitrogens is 1. The molecule has 22 heavy (non-hydrogen) atoms. The van der Waals surface area contributed by atoms with Gasteiger partial charge in [-0.3, -0.25) is 9.59 Å². The number of carbonyl (C=O) groups excluding carboxylic acids is 1. The number of aromatic amines is 1. The van der Waals surface area contributed by atoms with E-state index >= 15 is 0 Å². The average Bonchev–Trinajstić information content (AvgIpc) is 2.37. The van der Waals surface area contributed by atoms with Crippen LogP contribution in [0.1, 0.15) is 10.4 Å². The normalized spacial score (nSPS) is 11.0. The van der Waals surface area contributed by atoms with Gasteiger partial charge >= 0.3 is 0 Å². The summed E-state index contributed by atoms with van der Waals surface area (Å²) in [5.41, 5.74) is -0.327. The Morgan fingerprint density at radius 1 is 1.27 bits per heavy atom. The third-order valence-electron chi connectivity index (χ3n) is 3.19. The van der Waals surface area contributed by atoms with Gasteiger partial charge in [0.2, 0.25) is 0 Å². The summed E-state index contributed by atoms with van der Waals surface area (Å²) < 4.78 is 0.695. The number of pyridine rings is 1. The number of fused-ring (bicyclic) bond motifs is 1. The van der Waals surface area contributed by atoms with Crippen LogP contribution in [0.2, 0.25) is 0 Å². The molecule has 7 heteroatoms. The molecule has 0 unspecified atom stereocenters. The largest absolute Gasteiger partial charge is 1.00 e. The molecule has 0 fully saturated rings. The first-order valence-corrected chi connectivity index (χ1v) is 6.72. The molecule has 1 amide bonds. The molecule has 0 spiro atoms. The number of aromatic nitrogens is 1. The van der Waals surface area contributed by atoms with Crippen molar-refractivity contribution in [2.45, 2.75) is 0 Å². The molecule has 0 aliphatic rings. The van der Waals surface area contributed by atoms with Crippen LogP contribution in [0.25, 0.3) is 10.9 Å². The van der Waals surface area contributed by atoms with Gasteiger partial charge < -0.3 is 43.9 Å². The maximum atomic E-state index is 12.1. The second kappa shape index (κ2) is 7.10. The van der Waals surface area contributed by atoms with Crippen LogP contribution in [0, 0.1) is 0 Å². The highest BCUT2D eigenvalue weighted by atomic mass is 127. The minimum atomic E-state index is -0.589. The molecule has 0 bridgehead atoms. The summed E-state index contributed by atoms with van der Waals surface area (Å²) in [5, 5.41) is 13.3. The first kappa shape index (κ1) is 18.4. The van der Waals surface area contributed by atoms with Gasteiger partial charge in [-0.05, 0) is 12.1 Å². The average molecular weight is 417 g/mol. The van der Waals surface area contributed by atoms with E-state index in [4.69, 9.17) is 0 Å². The molecule has 0 aliphatic carbocycles. The Labute approximate surface area is 145 Å². The lowest BCUT2D eigenvalue weighted by molar-refractivity contribution is -0.869. The molecule has 1 aromatic carbocycles. The number of benzene rings is 1. The van der Waals surface area contributed by atoms with Crippen molar-refractivity contribution in [2.75, 3.05) is 34.2 Å². The number of aromatic hydroxyl groups is 1. The molecule has 0 atom stereocenters. The van der Waals surface area contributed by atoms with E-state index in [9.17, 15) is 14.7 Å². The molecule has 1 aromatic heterocycles. The highest BCUT2D eigenvalue weighted by molar-refractivity contribution is 6.01. The predicted molar refractivity (Wildman–Crippen MR) is 81.5 cm³/mol. The van der Waals surface area contributed by atoms with E-state index in [1.807, 2.05) is 21.1 Å². The predicted octanol–water partition coefficient (Wildman–Crippen LogP) is -2.33. The quantitative estimate of drug-likeness (QED) is 0.386. The summed E-state index contributed by atoms with van der Waals surface area (Å²) in [6.45, 7) is 1.14. The van der Waals surface area contributed by atoms with E-state index in [-0.39, 0.29) is 35.3 Å². The third-order valence-corrected chi connectivity index (χ3v) is 3.19. The first-order chi connectivity index (χ1) is 9.79. The molecule has 2 aromatic rings. The van der Waals surface area contributed by atoms with Gasteiger partial charge in [-0.15, -0.1) is 0 Å². The molecule has 6 nitrogen and oxygen atoms in total. The zero-order valence-electron chi connectivity index (χ0n) is 12.8. The maximum absolute atomic E-state index is 12.1. The van der Waals surface area contributed by atoms with Gasteiger partial charge in [-0.2, -0.15) is 0 Å². The zero-order chi connectivity index (χ0) is 15.6. The number of nitrogens with one attached hydrogen (secondary N) is 2. The topological polar surface area (TPSA) is 82.2 Å². The third kappa shape index (κ3) is 4.20. The summed E-state index contributed by atoms with van der Waals surface area (Å²) in [4.78, 5) is 26.7. The first-order valence-electron chi connectivity index (χ1n) is 6.72. The molecule has 1 heterocycles. The van der Waals surface area contributed by atoms with Crippen LogP contribution in [0.4, 0.5) is 0 Å². The molecular weight excluding hydrogens is 397 g/mol. The SMILES string of the molecule is C[N+](C)(C)CCNC(=O)c1c(O)c2ccccc2[nH]c1=O.[I-]. The lowest BCUT2D eigenvalue weighted by Crippen LogP contribution is -3.00. The lowest BCUT2D eigenvalue weighted by atomic mass is 10.1. The van der Waals surface area contributed by atoms with Crippen LogP contribution in [-0.2, 0) is 0 Å². The van der Waals surface area contributed by atoms with Gasteiger partial charge in [0.15, 0.2) is 0 Å². The Kier molecular flexibility index (Phi) is 5.95. The van der Waals surface area contributed by atoms with Crippen molar-refractivity contribution in [1.29, 1.82) is 0 Å². The summed E-state index contributed by atoms with van der Waals surface area (Å²) in [7, 11) is 6.02. The number of para-hydroxylation sites is 1. The van der Waals surface area contributed by atoms with Crippen molar-refractivity contribution in [3.63, 3.8) is 0 Å². The van der Waals surface area contributed by atoms with Crippen molar-refractivity contribution in [1.82, 2.24) is 10.3 Å². The number of hydrogen-bond acceptors (Lipinski definition) is 3. The summed E-state index contributed by atoms with van der Waals surface area (Å²) >= 11 is 0. The highest BCUT2D eigenvalue weighted by Gasteiger charge is 2.19. The molecule has 2 rings (SSSR count). The van der Waals surface area contributed by atoms with Crippen molar-refractivity contribution >= 4 is 16.8 Å². The Morgan fingerprint density at radius 2 is 1.91 bits per heavy atom. The van der Waals surface area contributed by atoms with Gasteiger partial charge in [0.05, 0.1) is 39.7 Å². The van der Waals surface area contributed by atoms with E-state index in [1.165, 1.54) is 0 Å². The van der Waals surface area contributed by atoms with Crippen molar-refractivity contribution in [2.24, 2.45) is 0 Å². The van der Waals surface area contributed by atoms with E-state index in [0.29, 0.717) is 21.9 Å². The second-order valence-corrected chi connectivity index (χ2v) is 5.99. The van der Waals surface area contributed by atoms with Crippen LogP contribution >= 0.6 is 0 Å². The number of amides is 1. The smallest absolute Gasteiger partial charge is 0.265 e. The van der Waals surface area contributed by atoms with E-state index in [0.717, 1.165) is 6.54 Å². The Balaban J connectivity index is 0.00000242. The van der Waals surface area contributed by atoms with Gasteiger partial charge in [-0.1, -0.05) is 12.1 Å². The summed E-state index contributed by atoms with van der Waals surface area (Å²) in [5.74, 6) is -0.843. The fourth-order valence-corrected chi connectivity index (χ4v) is 2.03. The number of carbonyl (C=O) groups is 1. The molecule has 3 N–H and O–H groups in total. The van der Waals surface area contributed by atoms with Gasteiger partial charge in [-0.25, -0.2) is 0 Å². The highest BCUT2D eigenvalue weighted by Crippen LogP contribution is 2.24. The van der Waals surface area contributed by atoms with Crippen LogP contribution < -0.4 is 34.9 Å².